The Morgan fingerprint density at radius 2 is 2.05 bits per heavy atom. The Morgan fingerprint density at radius 3 is 2.75 bits per heavy atom. The molecule has 1 aromatic carbocycles. The number of amides is 2. The summed E-state index contributed by atoms with van der Waals surface area (Å²) in [4.78, 5) is 25.9. The number of carbonyl (C=O) groups is 2. The van der Waals surface area contributed by atoms with Crippen LogP contribution in [0.3, 0.4) is 0 Å². The number of anilines is 1. The fourth-order valence-corrected chi connectivity index (χ4v) is 2.66. The zero-order chi connectivity index (χ0) is 14.3. The second-order valence-corrected chi connectivity index (χ2v) is 5.55. The molecule has 1 aromatic rings. The second-order valence-electron chi connectivity index (χ2n) is 5.55. The van der Waals surface area contributed by atoms with Gasteiger partial charge in [-0.3, -0.25) is 9.59 Å². The van der Waals surface area contributed by atoms with Crippen LogP contribution in [0, 0.1) is 18.7 Å². The zero-order valence-corrected chi connectivity index (χ0v) is 11.4. The van der Waals surface area contributed by atoms with E-state index in [0.29, 0.717) is 12.2 Å². The lowest BCUT2D eigenvalue weighted by molar-refractivity contribution is -0.126. The molecule has 20 heavy (non-hydrogen) atoms. The number of benzene rings is 1. The Balaban J connectivity index is 1.96. The lowest BCUT2D eigenvalue weighted by atomic mass is 10.1. The van der Waals surface area contributed by atoms with Gasteiger partial charge in [0.2, 0.25) is 11.8 Å². The molecule has 4 nitrogen and oxygen atoms in total. The normalized spacial score (nSPS) is 23.5. The van der Waals surface area contributed by atoms with Crippen LogP contribution in [0.1, 0.15) is 24.8 Å². The number of hydrogen-bond acceptors (Lipinski definition) is 2. The predicted molar refractivity (Wildman–Crippen MR) is 72.8 cm³/mol. The van der Waals surface area contributed by atoms with E-state index in [1.807, 2.05) is 6.92 Å². The van der Waals surface area contributed by atoms with Gasteiger partial charge in [-0.15, -0.1) is 0 Å². The van der Waals surface area contributed by atoms with Crippen LogP contribution in [0.5, 0.6) is 0 Å². The van der Waals surface area contributed by atoms with Crippen molar-refractivity contribution in [3.63, 3.8) is 0 Å². The van der Waals surface area contributed by atoms with Crippen molar-refractivity contribution in [1.29, 1.82) is 0 Å². The van der Waals surface area contributed by atoms with Crippen LogP contribution in [0.4, 0.5) is 10.1 Å². The molecule has 1 saturated heterocycles. The molecule has 106 valence electrons. The third-order valence-electron chi connectivity index (χ3n) is 3.97. The van der Waals surface area contributed by atoms with Crippen molar-refractivity contribution in [2.24, 2.45) is 5.92 Å². The van der Waals surface area contributed by atoms with E-state index in [1.54, 1.807) is 11.0 Å². The number of nitrogens with one attached hydrogen (secondary N) is 1. The maximum atomic E-state index is 13.5. The fourth-order valence-electron chi connectivity index (χ4n) is 2.66. The van der Waals surface area contributed by atoms with Gasteiger partial charge in [0.15, 0.2) is 0 Å². The lowest BCUT2D eigenvalue weighted by Gasteiger charge is -2.25. The summed E-state index contributed by atoms with van der Waals surface area (Å²) in [6, 6.07) is 3.95. The molecule has 5 heteroatoms. The van der Waals surface area contributed by atoms with Crippen molar-refractivity contribution in [3.05, 3.63) is 29.6 Å². The summed E-state index contributed by atoms with van der Waals surface area (Å²) in [5.41, 5.74) is 1.40. The van der Waals surface area contributed by atoms with Crippen LogP contribution >= 0.6 is 0 Å². The number of hydrogen-bond donors (Lipinski definition) is 1. The summed E-state index contributed by atoms with van der Waals surface area (Å²) in [6.45, 7) is 2.15. The average molecular weight is 276 g/mol. The molecule has 1 atom stereocenters. The van der Waals surface area contributed by atoms with E-state index in [1.165, 1.54) is 12.1 Å². The molecule has 1 saturated carbocycles. The molecule has 2 fully saturated rings. The third kappa shape index (κ3) is 2.40. The number of rotatable bonds is 2. The zero-order valence-electron chi connectivity index (χ0n) is 11.4. The minimum Gasteiger partial charge on any atom is -0.344 e. The van der Waals surface area contributed by atoms with Crippen molar-refractivity contribution in [1.82, 2.24) is 5.32 Å². The van der Waals surface area contributed by atoms with Gasteiger partial charge in [0.05, 0.1) is 0 Å². The van der Waals surface area contributed by atoms with Crippen LogP contribution in [0.15, 0.2) is 18.2 Å². The molecule has 2 amide bonds. The van der Waals surface area contributed by atoms with Gasteiger partial charge in [0.1, 0.15) is 11.9 Å². The molecular weight excluding hydrogens is 259 g/mol. The molecule has 2 aliphatic rings. The Labute approximate surface area is 117 Å². The molecule has 0 radical (unpaired) electrons. The molecular formula is C15H17FN2O2. The minimum atomic E-state index is -0.451. The minimum absolute atomic E-state index is 0.105. The first-order chi connectivity index (χ1) is 9.56. The number of nitrogens with zero attached hydrogens (tertiary/aromatic N) is 1. The molecule has 1 aliphatic carbocycles. The first-order valence-electron chi connectivity index (χ1n) is 6.93. The summed E-state index contributed by atoms with van der Waals surface area (Å²) in [6.07, 6.45) is 2.18. The third-order valence-corrected chi connectivity index (χ3v) is 3.97. The maximum Gasteiger partial charge on any atom is 0.249 e. The van der Waals surface area contributed by atoms with E-state index in [0.717, 1.165) is 18.4 Å². The standard InChI is InChI=1S/C15H17FN2O2/c1-9-2-5-11(16)8-12(9)18-7-6-13(19)17-14(15(18)20)10-3-4-10/h2,5,8,10,14H,3-4,6-7H2,1H3,(H,17,19). The first-order valence-corrected chi connectivity index (χ1v) is 6.93. The molecule has 0 aromatic heterocycles. The van der Waals surface area contributed by atoms with Gasteiger partial charge in [-0.1, -0.05) is 6.07 Å². The first kappa shape index (κ1) is 13.1. The van der Waals surface area contributed by atoms with Crippen LogP contribution in [-0.2, 0) is 9.59 Å². The maximum absolute atomic E-state index is 13.5. The number of halogens is 1. The monoisotopic (exact) mass is 276 g/mol. The summed E-state index contributed by atoms with van der Waals surface area (Å²) in [5.74, 6) is -0.357. The summed E-state index contributed by atoms with van der Waals surface area (Å²) in [5, 5.41) is 2.80. The molecule has 0 bridgehead atoms. The van der Waals surface area contributed by atoms with Gasteiger partial charge in [-0.25, -0.2) is 4.39 Å². The van der Waals surface area contributed by atoms with Crippen LogP contribution in [-0.4, -0.2) is 24.4 Å². The Bertz CT molecular complexity index is 569. The summed E-state index contributed by atoms with van der Waals surface area (Å²) in [7, 11) is 0. The molecule has 1 aliphatic heterocycles. The molecule has 1 unspecified atom stereocenters. The highest BCUT2D eigenvalue weighted by Crippen LogP contribution is 2.35. The summed E-state index contributed by atoms with van der Waals surface area (Å²) >= 11 is 0. The number of aryl methyl sites for hydroxylation is 1. The van der Waals surface area contributed by atoms with Gasteiger partial charge in [0, 0.05) is 18.7 Å². The highest BCUT2D eigenvalue weighted by molar-refractivity contribution is 6.02. The Kier molecular flexibility index (Phi) is 3.20. The van der Waals surface area contributed by atoms with E-state index < -0.39 is 6.04 Å². The van der Waals surface area contributed by atoms with E-state index in [-0.39, 0.29) is 30.0 Å². The van der Waals surface area contributed by atoms with Crippen LogP contribution < -0.4 is 10.2 Å². The van der Waals surface area contributed by atoms with Gasteiger partial charge in [0.25, 0.3) is 0 Å². The second kappa shape index (κ2) is 4.89. The van der Waals surface area contributed by atoms with Crippen molar-refractivity contribution < 1.29 is 14.0 Å². The van der Waals surface area contributed by atoms with E-state index in [4.69, 9.17) is 0 Å². The SMILES string of the molecule is Cc1ccc(F)cc1N1CCC(=O)NC(C2CC2)C1=O. The van der Waals surface area contributed by atoms with Crippen LogP contribution in [0.2, 0.25) is 0 Å². The molecule has 1 heterocycles. The van der Waals surface area contributed by atoms with Gasteiger partial charge in [-0.05, 0) is 43.4 Å². The van der Waals surface area contributed by atoms with Gasteiger partial charge in [-0.2, -0.15) is 0 Å². The average Bonchev–Trinajstić information content (AvgIpc) is 3.23. The highest BCUT2D eigenvalue weighted by atomic mass is 19.1. The lowest BCUT2D eigenvalue weighted by Crippen LogP contribution is -2.46. The van der Waals surface area contributed by atoms with Gasteiger partial charge < -0.3 is 10.2 Å². The quantitative estimate of drug-likeness (QED) is 0.895. The van der Waals surface area contributed by atoms with Crippen LogP contribution in [0.25, 0.3) is 0 Å². The smallest absolute Gasteiger partial charge is 0.249 e. The molecule has 0 spiro atoms. The number of carbonyl (C=O) groups excluding carboxylic acids is 2. The Hall–Kier alpha value is -1.91. The fraction of sp³-hybridized carbons (Fsp3) is 0.467. The van der Waals surface area contributed by atoms with E-state index in [9.17, 15) is 14.0 Å². The largest absolute Gasteiger partial charge is 0.344 e. The van der Waals surface area contributed by atoms with Crippen molar-refractivity contribution >= 4 is 17.5 Å². The van der Waals surface area contributed by atoms with E-state index >= 15 is 0 Å². The predicted octanol–water partition coefficient (Wildman–Crippen LogP) is 1.77. The van der Waals surface area contributed by atoms with Crippen molar-refractivity contribution in [2.75, 3.05) is 11.4 Å². The Morgan fingerprint density at radius 1 is 1.30 bits per heavy atom. The molecule has 3 rings (SSSR count). The molecule has 1 N–H and O–H groups in total. The van der Waals surface area contributed by atoms with Gasteiger partial charge >= 0.3 is 0 Å². The highest BCUT2D eigenvalue weighted by Gasteiger charge is 2.41. The van der Waals surface area contributed by atoms with Crippen molar-refractivity contribution in [3.8, 4) is 0 Å². The summed E-state index contributed by atoms with van der Waals surface area (Å²) < 4.78 is 13.5. The topological polar surface area (TPSA) is 49.4 Å². The van der Waals surface area contributed by atoms with E-state index in [2.05, 4.69) is 5.32 Å². The van der Waals surface area contributed by atoms with Crippen molar-refractivity contribution in [2.45, 2.75) is 32.2 Å².